The Morgan fingerprint density at radius 3 is 2.18 bits per heavy atom. The molecule has 0 heterocycles. The maximum absolute atomic E-state index is 2.38. The summed E-state index contributed by atoms with van der Waals surface area (Å²) in [5.74, 6) is 0. The molecule has 22 heavy (non-hydrogen) atoms. The Balaban J connectivity index is 0.00000441. The predicted molar refractivity (Wildman–Crippen MR) is 95.0 cm³/mol. The molecule has 0 bridgehead atoms. The highest BCUT2D eigenvalue weighted by molar-refractivity contribution is 5.47. The van der Waals surface area contributed by atoms with Gasteiger partial charge in [0.05, 0.1) is 26.3 Å². The highest BCUT2D eigenvalue weighted by atomic mass is 35.5. The van der Waals surface area contributed by atoms with Crippen LogP contribution < -0.4 is 12.4 Å². The molecule has 1 unspecified atom stereocenters. The van der Waals surface area contributed by atoms with Crippen LogP contribution in [-0.2, 0) is 0 Å². The van der Waals surface area contributed by atoms with E-state index in [0.717, 1.165) is 4.48 Å². The van der Waals surface area contributed by atoms with Crippen molar-refractivity contribution in [3.05, 3.63) is 42.1 Å². The van der Waals surface area contributed by atoms with E-state index >= 15 is 0 Å². The summed E-state index contributed by atoms with van der Waals surface area (Å²) in [5.41, 5.74) is 1.29. The van der Waals surface area contributed by atoms with Gasteiger partial charge in [0.15, 0.2) is 0 Å². The lowest BCUT2D eigenvalue weighted by Gasteiger charge is -2.32. The van der Waals surface area contributed by atoms with Gasteiger partial charge in [0.2, 0.25) is 0 Å². The molecule has 0 spiro atoms. The summed E-state index contributed by atoms with van der Waals surface area (Å²) in [6, 6.07) is 11.3. The number of quaternary nitrogens is 1. The third-order valence-corrected chi connectivity index (χ3v) is 4.56. The molecular weight excluding hydrogens is 290 g/mol. The van der Waals surface area contributed by atoms with Gasteiger partial charge in [-0.15, -0.1) is 0 Å². The molecule has 1 nitrogen and oxygen atoms in total. The molecule has 0 aromatic heterocycles. The molecule has 1 rings (SSSR count). The molecule has 0 aliphatic rings. The van der Waals surface area contributed by atoms with E-state index in [1.165, 1.54) is 50.5 Å². The van der Waals surface area contributed by atoms with Gasteiger partial charge in [-0.05, 0) is 31.4 Å². The lowest BCUT2D eigenvalue weighted by Crippen LogP contribution is -3.00. The summed E-state index contributed by atoms with van der Waals surface area (Å²) in [4.78, 5) is 0. The lowest BCUT2D eigenvalue weighted by atomic mass is 10.0. The van der Waals surface area contributed by atoms with Crippen molar-refractivity contribution in [2.24, 2.45) is 0 Å². The number of hydrogen-bond donors (Lipinski definition) is 0. The summed E-state index contributed by atoms with van der Waals surface area (Å²) in [7, 11) is 4.61. The zero-order chi connectivity index (χ0) is 15.6. The van der Waals surface area contributed by atoms with Crippen molar-refractivity contribution >= 4 is 6.08 Å². The van der Waals surface area contributed by atoms with Gasteiger partial charge in [-0.25, -0.2) is 0 Å². The van der Waals surface area contributed by atoms with Crippen LogP contribution in [0.5, 0.6) is 0 Å². The largest absolute Gasteiger partial charge is 1.00 e. The van der Waals surface area contributed by atoms with Crippen molar-refractivity contribution in [1.82, 2.24) is 0 Å². The summed E-state index contributed by atoms with van der Waals surface area (Å²) in [5, 5.41) is 0. The normalized spacial score (nSPS) is 13.1. The number of hydrogen-bond acceptors (Lipinski definition) is 0. The monoisotopic (exact) mass is 323 g/mol. The van der Waals surface area contributed by atoms with Gasteiger partial charge >= 0.3 is 0 Å². The molecule has 0 fully saturated rings. The number of unbranched alkanes of at least 4 members (excludes halogenated alkanes) is 5. The Bertz CT molecular complexity index is 397. The molecule has 0 saturated carbocycles. The Morgan fingerprint density at radius 1 is 0.955 bits per heavy atom. The van der Waals surface area contributed by atoms with Crippen LogP contribution in [0.25, 0.3) is 6.08 Å². The molecule has 0 aliphatic carbocycles. The average molecular weight is 324 g/mol. The van der Waals surface area contributed by atoms with Gasteiger partial charge < -0.3 is 12.4 Å². The lowest BCUT2D eigenvalue weighted by molar-refractivity contribution is -0.863. The summed E-state index contributed by atoms with van der Waals surface area (Å²) < 4.78 is 0.962. The molecule has 0 amide bonds. The minimum Gasteiger partial charge on any atom is -1.00 e. The quantitative estimate of drug-likeness (QED) is 0.459. The predicted octanol–water partition coefficient (Wildman–Crippen LogP) is 2.88. The second kappa shape index (κ2) is 11.7. The maximum atomic E-state index is 2.38. The molecule has 0 N–H and O–H groups in total. The second-order valence-electron chi connectivity index (χ2n) is 6.76. The molecule has 0 aliphatic heterocycles. The van der Waals surface area contributed by atoms with Gasteiger partial charge in [0.1, 0.15) is 0 Å². The summed E-state index contributed by atoms with van der Waals surface area (Å²) in [6.07, 6.45) is 14.2. The molecule has 126 valence electrons. The fraction of sp³-hybridized carbons (Fsp3) is 0.600. The zero-order valence-electron chi connectivity index (χ0n) is 14.9. The van der Waals surface area contributed by atoms with E-state index < -0.39 is 0 Å². The third kappa shape index (κ3) is 8.60. The van der Waals surface area contributed by atoms with E-state index in [2.05, 4.69) is 70.6 Å². The van der Waals surface area contributed by atoms with Crippen molar-refractivity contribution in [3.63, 3.8) is 0 Å². The van der Waals surface area contributed by atoms with E-state index in [9.17, 15) is 0 Å². The van der Waals surface area contributed by atoms with Crippen LogP contribution >= 0.6 is 0 Å². The van der Waals surface area contributed by atoms with Crippen LogP contribution in [0, 0.1) is 0 Å². The minimum atomic E-state index is 0. The van der Waals surface area contributed by atoms with Crippen molar-refractivity contribution < 1.29 is 16.9 Å². The van der Waals surface area contributed by atoms with E-state index in [0.29, 0.717) is 6.04 Å². The van der Waals surface area contributed by atoms with Crippen molar-refractivity contribution in [3.8, 4) is 0 Å². The number of rotatable bonds is 10. The van der Waals surface area contributed by atoms with Crippen LogP contribution in [-0.4, -0.2) is 24.6 Å². The van der Waals surface area contributed by atoms with E-state index in [-0.39, 0.29) is 12.4 Å². The molecular formula is C20H34ClN. The molecule has 2 heteroatoms. The van der Waals surface area contributed by atoms with Crippen molar-refractivity contribution in [2.45, 2.75) is 64.8 Å². The Hall–Kier alpha value is -0.790. The first kappa shape index (κ1) is 21.2. The standard InChI is InChI=1S/C20H34N.ClH/c1-5-6-7-8-9-11-14-19(2)21(3,4)18-17-20-15-12-10-13-16-20;/h10,12-13,15-19H,5-9,11,14H2,1-4H3;1H/q+1;/p-1. The summed E-state index contributed by atoms with van der Waals surface area (Å²) in [6.45, 7) is 4.66. The number of benzene rings is 1. The fourth-order valence-corrected chi connectivity index (χ4v) is 2.54. The van der Waals surface area contributed by atoms with E-state index in [4.69, 9.17) is 0 Å². The molecule has 0 radical (unpaired) electrons. The fourth-order valence-electron chi connectivity index (χ4n) is 2.54. The van der Waals surface area contributed by atoms with Gasteiger partial charge in [-0.1, -0.05) is 69.4 Å². The highest BCUT2D eigenvalue weighted by Crippen LogP contribution is 2.17. The molecule has 0 saturated heterocycles. The topological polar surface area (TPSA) is 0 Å². The molecule has 1 aromatic rings. The average Bonchev–Trinajstić information content (AvgIpc) is 2.49. The first-order valence-corrected chi connectivity index (χ1v) is 8.64. The Kier molecular flexibility index (Phi) is 11.3. The van der Waals surface area contributed by atoms with Gasteiger partial charge in [0.25, 0.3) is 0 Å². The van der Waals surface area contributed by atoms with Crippen LogP contribution in [0.2, 0.25) is 0 Å². The highest BCUT2D eigenvalue weighted by Gasteiger charge is 2.20. The first-order valence-electron chi connectivity index (χ1n) is 8.64. The minimum absolute atomic E-state index is 0. The van der Waals surface area contributed by atoms with E-state index in [1.54, 1.807) is 0 Å². The first-order chi connectivity index (χ1) is 10.1. The van der Waals surface area contributed by atoms with Crippen LogP contribution in [0.1, 0.15) is 64.4 Å². The van der Waals surface area contributed by atoms with Gasteiger partial charge in [0, 0.05) is 0 Å². The van der Waals surface area contributed by atoms with Crippen molar-refractivity contribution in [1.29, 1.82) is 0 Å². The SMILES string of the molecule is CCCCCCCCC(C)[N+](C)(C)C=Cc1ccccc1.[Cl-]. The van der Waals surface area contributed by atoms with Gasteiger partial charge in [-0.3, -0.25) is 4.48 Å². The number of halogens is 1. The van der Waals surface area contributed by atoms with Crippen LogP contribution in [0.15, 0.2) is 36.5 Å². The van der Waals surface area contributed by atoms with Crippen LogP contribution in [0.3, 0.4) is 0 Å². The van der Waals surface area contributed by atoms with E-state index in [1.807, 2.05) is 0 Å². The van der Waals surface area contributed by atoms with Gasteiger partial charge in [-0.2, -0.15) is 0 Å². The third-order valence-electron chi connectivity index (χ3n) is 4.56. The molecule has 1 aromatic carbocycles. The maximum Gasteiger partial charge on any atom is 0.0962 e. The zero-order valence-corrected chi connectivity index (χ0v) is 15.6. The molecule has 1 atom stereocenters. The van der Waals surface area contributed by atoms with Crippen LogP contribution in [0.4, 0.5) is 0 Å². The summed E-state index contributed by atoms with van der Waals surface area (Å²) >= 11 is 0. The Labute approximate surface area is 144 Å². The second-order valence-corrected chi connectivity index (χ2v) is 6.76. The van der Waals surface area contributed by atoms with Crippen molar-refractivity contribution in [2.75, 3.05) is 14.1 Å². The smallest absolute Gasteiger partial charge is 0.0962 e. The number of nitrogens with zero attached hydrogens (tertiary/aromatic N) is 1. The Morgan fingerprint density at radius 2 is 1.55 bits per heavy atom.